The molecule has 1 amide bonds. The van der Waals surface area contributed by atoms with Gasteiger partial charge >= 0.3 is 5.97 Å². The fourth-order valence-electron chi connectivity index (χ4n) is 3.69. The van der Waals surface area contributed by atoms with Gasteiger partial charge in [-0.2, -0.15) is 0 Å². The van der Waals surface area contributed by atoms with Gasteiger partial charge in [0, 0.05) is 6.20 Å². The molecule has 0 saturated heterocycles. The number of aromatic nitrogens is 2. The highest BCUT2D eigenvalue weighted by molar-refractivity contribution is 5.95. The highest BCUT2D eigenvalue weighted by Gasteiger charge is 2.38. The minimum Gasteiger partial charge on any atom is -0.490 e. The molecule has 0 radical (unpaired) electrons. The Morgan fingerprint density at radius 3 is 2.76 bits per heavy atom. The molecule has 0 unspecified atom stereocenters. The lowest BCUT2D eigenvalue weighted by Gasteiger charge is -2.28. The van der Waals surface area contributed by atoms with E-state index in [1.165, 1.54) is 0 Å². The monoisotopic (exact) mass is 345 g/mol. The summed E-state index contributed by atoms with van der Waals surface area (Å²) >= 11 is 0. The summed E-state index contributed by atoms with van der Waals surface area (Å²) < 4.78 is 7.29. The molecule has 1 aliphatic carbocycles. The van der Waals surface area contributed by atoms with E-state index < -0.39 is 11.5 Å². The Kier molecular flexibility index (Phi) is 4.65. The number of carboxylic acid groups (broad SMARTS) is 1. The smallest absolute Gasteiger partial charge is 0.305 e. The molecule has 2 N–H and O–H groups in total. The molecule has 25 heavy (non-hydrogen) atoms. The van der Waals surface area contributed by atoms with Gasteiger partial charge in [-0.25, -0.2) is 4.98 Å². The summed E-state index contributed by atoms with van der Waals surface area (Å²) in [4.78, 5) is 28.7. The maximum Gasteiger partial charge on any atom is 0.305 e. The summed E-state index contributed by atoms with van der Waals surface area (Å²) in [5.41, 5.74) is 0.934. The predicted molar refractivity (Wildman–Crippen MR) is 92.0 cm³/mol. The molecule has 0 spiro atoms. The van der Waals surface area contributed by atoms with Crippen molar-refractivity contribution in [1.82, 2.24) is 14.7 Å². The molecule has 2 heterocycles. The van der Waals surface area contributed by atoms with Crippen molar-refractivity contribution >= 4 is 17.5 Å². The van der Waals surface area contributed by atoms with Crippen LogP contribution in [0.15, 0.2) is 18.3 Å². The van der Waals surface area contributed by atoms with Crippen molar-refractivity contribution in [1.29, 1.82) is 0 Å². The van der Waals surface area contributed by atoms with Gasteiger partial charge in [0.2, 0.25) is 0 Å². The number of ether oxygens (including phenoxy) is 1. The fourth-order valence-corrected chi connectivity index (χ4v) is 3.69. The van der Waals surface area contributed by atoms with E-state index in [0.717, 1.165) is 12.8 Å². The number of imidazole rings is 1. The van der Waals surface area contributed by atoms with Gasteiger partial charge in [-0.3, -0.25) is 14.0 Å². The number of nitrogens with one attached hydrogen (secondary N) is 1. The Balaban J connectivity index is 1.95. The number of nitrogens with zero attached hydrogens (tertiary/aromatic N) is 2. The van der Waals surface area contributed by atoms with Gasteiger partial charge in [0.1, 0.15) is 5.69 Å². The minimum atomic E-state index is -0.893. The number of fused-ring (bicyclic) bond motifs is 1. The molecule has 2 aromatic rings. The van der Waals surface area contributed by atoms with Gasteiger partial charge in [-0.05, 0) is 38.8 Å². The van der Waals surface area contributed by atoms with Gasteiger partial charge in [-0.1, -0.05) is 12.8 Å². The van der Waals surface area contributed by atoms with E-state index in [-0.39, 0.29) is 12.3 Å². The largest absolute Gasteiger partial charge is 0.490 e. The van der Waals surface area contributed by atoms with Crippen molar-refractivity contribution in [3.8, 4) is 5.75 Å². The van der Waals surface area contributed by atoms with E-state index in [1.54, 1.807) is 23.6 Å². The number of aliphatic carboxylic acids is 1. The maximum absolute atomic E-state index is 12.9. The Hall–Kier alpha value is -2.57. The van der Waals surface area contributed by atoms with Crippen LogP contribution in [0.5, 0.6) is 5.75 Å². The molecule has 0 atom stereocenters. The summed E-state index contributed by atoms with van der Waals surface area (Å²) in [5.74, 6) is -0.564. The van der Waals surface area contributed by atoms with Crippen LogP contribution in [0.4, 0.5) is 0 Å². The van der Waals surface area contributed by atoms with Crippen LogP contribution in [0, 0.1) is 6.92 Å². The zero-order valence-electron chi connectivity index (χ0n) is 14.5. The van der Waals surface area contributed by atoms with Crippen molar-refractivity contribution < 1.29 is 19.4 Å². The molecule has 0 bridgehead atoms. The minimum absolute atomic E-state index is 0.0568. The average molecular weight is 345 g/mol. The van der Waals surface area contributed by atoms with Crippen molar-refractivity contribution in [2.75, 3.05) is 6.61 Å². The topological polar surface area (TPSA) is 92.9 Å². The molecule has 0 aliphatic heterocycles. The number of carbonyl (C=O) groups excluding carboxylic acids is 1. The molecule has 1 aliphatic rings. The normalized spacial score (nSPS) is 16.1. The van der Waals surface area contributed by atoms with Crippen LogP contribution < -0.4 is 10.1 Å². The van der Waals surface area contributed by atoms with Crippen LogP contribution in [-0.4, -0.2) is 38.5 Å². The van der Waals surface area contributed by atoms with Crippen molar-refractivity contribution in [2.24, 2.45) is 0 Å². The van der Waals surface area contributed by atoms with E-state index >= 15 is 0 Å². The van der Waals surface area contributed by atoms with Crippen LogP contribution in [0.1, 0.15) is 55.2 Å². The number of aryl methyl sites for hydroxylation is 1. The number of amides is 1. The lowest BCUT2D eigenvalue weighted by Crippen LogP contribution is -2.48. The van der Waals surface area contributed by atoms with E-state index in [4.69, 9.17) is 4.74 Å². The summed E-state index contributed by atoms with van der Waals surface area (Å²) in [6, 6.07) is 3.62. The highest BCUT2D eigenvalue weighted by Crippen LogP contribution is 2.33. The first-order valence-corrected chi connectivity index (χ1v) is 8.60. The Morgan fingerprint density at radius 1 is 1.40 bits per heavy atom. The molecule has 3 rings (SSSR count). The van der Waals surface area contributed by atoms with E-state index in [9.17, 15) is 14.7 Å². The van der Waals surface area contributed by atoms with E-state index in [0.29, 0.717) is 42.2 Å². The number of hydrogen-bond donors (Lipinski definition) is 2. The summed E-state index contributed by atoms with van der Waals surface area (Å²) in [6.07, 6.45) is 4.93. The first-order chi connectivity index (χ1) is 12.0. The molecule has 7 heteroatoms. The predicted octanol–water partition coefficient (Wildman–Crippen LogP) is 2.56. The van der Waals surface area contributed by atoms with Gasteiger partial charge in [0.25, 0.3) is 5.91 Å². The molecular weight excluding hydrogens is 322 g/mol. The van der Waals surface area contributed by atoms with Crippen molar-refractivity contribution in [2.45, 2.75) is 51.5 Å². The summed E-state index contributed by atoms with van der Waals surface area (Å²) in [7, 11) is 0. The molecule has 1 saturated carbocycles. The van der Waals surface area contributed by atoms with Crippen molar-refractivity contribution in [3.63, 3.8) is 0 Å². The third-order valence-electron chi connectivity index (χ3n) is 4.73. The number of carboxylic acids is 1. The van der Waals surface area contributed by atoms with Crippen LogP contribution in [-0.2, 0) is 4.79 Å². The second kappa shape index (κ2) is 6.74. The molecule has 0 aromatic carbocycles. The lowest BCUT2D eigenvalue weighted by atomic mass is 9.93. The number of rotatable bonds is 6. The molecular formula is C18H23N3O4. The van der Waals surface area contributed by atoms with Crippen LogP contribution in [0.25, 0.3) is 5.65 Å². The van der Waals surface area contributed by atoms with E-state index in [1.807, 2.05) is 13.0 Å². The average Bonchev–Trinajstić information content (AvgIpc) is 3.11. The second-order valence-corrected chi connectivity index (χ2v) is 6.56. The Morgan fingerprint density at radius 2 is 2.12 bits per heavy atom. The molecule has 1 fully saturated rings. The van der Waals surface area contributed by atoms with Crippen LogP contribution >= 0.6 is 0 Å². The van der Waals surface area contributed by atoms with Gasteiger partial charge in [0.05, 0.1) is 24.3 Å². The standard InChI is InChI=1S/C18H23N3O4/c1-3-25-13-7-6-10-21-15(12(2)19-16(13)21)17(24)20-18(11-14(22)23)8-4-5-9-18/h6-7,10H,3-5,8-9,11H2,1-2H3,(H,20,24)(H,22,23). The quantitative estimate of drug-likeness (QED) is 0.839. The number of pyridine rings is 1. The van der Waals surface area contributed by atoms with E-state index in [2.05, 4.69) is 10.3 Å². The zero-order valence-corrected chi connectivity index (χ0v) is 14.5. The van der Waals surface area contributed by atoms with Crippen LogP contribution in [0.2, 0.25) is 0 Å². The Labute approximate surface area is 146 Å². The van der Waals surface area contributed by atoms with Gasteiger partial charge in [0.15, 0.2) is 11.4 Å². The molecule has 7 nitrogen and oxygen atoms in total. The number of hydrogen-bond acceptors (Lipinski definition) is 4. The maximum atomic E-state index is 12.9. The fraction of sp³-hybridized carbons (Fsp3) is 0.500. The van der Waals surface area contributed by atoms with Gasteiger partial charge in [-0.15, -0.1) is 0 Å². The SMILES string of the molecule is CCOc1cccn2c(C(=O)NC3(CC(=O)O)CCCC3)c(C)nc12. The zero-order chi connectivity index (χ0) is 18.0. The first-order valence-electron chi connectivity index (χ1n) is 8.60. The summed E-state index contributed by atoms with van der Waals surface area (Å²) in [6.45, 7) is 4.17. The Bertz CT molecular complexity index is 806. The first kappa shape index (κ1) is 17.3. The third-order valence-corrected chi connectivity index (χ3v) is 4.73. The lowest BCUT2D eigenvalue weighted by molar-refractivity contribution is -0.138. The molecule has 134 valence electrons. The summed E-state index contributed by atoms with van der Waals surface area (Å²) in [5, 5.41) is 12.2. The highest BCUT2D eigenvalue weighted by atomic mass is 16.5. The molecule has 2 aromatic heterocycles. The van der Waals surface area contributed by atoms with Crippen LogP contribution in [0.3, 0.4) is 0 Å². The third kappa shape index (κ3) is 3.31. The van der Waals surface area contributed by atoms with Crippen molar-refractivity contribution in [3.05, 3.63) is 29.7 Å². The second-order valence-electron chi connectivity index (χ2n) is 6.56. The number of carbonyl (C=O) groups is 2. The van der Waals surface area contributed by atoms with Gasteiger partial charge < -0.3 is 15.2 Å².